The molecule has 0 amide bonds. The molecule has 5 heteroatoms. The van der Waals surface area contributed by atoms with Crippen LogP contribution in [0.25, 0.3) is 0 Å². The van der Waals surface area contributed by atoms with E-state index in [1.807, 2.05) is 36.0 Å². The van der Waals surface area contributed by atoms with Crippen LogP contribution in [0.15, 0.2) is 35.1 Å². The SMILES string of the molecule is COc1ccc(Br)c(CC(N)c2nccn2C)c1. The molecule has 0 fully saturated rings. The van der Waals surface area contributed by atoms with Crippen molar-refractivity contribution in [2.75, 3.05) is 7.11 Å². The van der Waals surface area contributed by atoms with Gasteiger partial charge in [-0.15, -0.1) is 0 Å². The Morgan fingerprint density at radius 2 is 2.28 bits per heavy atom. The standard InChI is InChI=1S/C13H16BrN3O/c1-17-6-5-16-13(17)12(15)8-9-7-10(18-2)3-4-11(9)14/h3-7,12H,8,15H2,1-2H3. The highest BCUT2D eigenvalue weighted by Gasteiger charge is 2.13. The van der Waals surface area contributed by atoms with E-state index in [0.717, 1.165) is 21.6 Å². The van der Waals surface area contributed by atoms with Gasteiger partial charge in [-0.2, -0.15) is 0 Å². The van der Waals surface area contributed by atoms with Crippen LogP contribution >= 0.6 is 15.9 Å². The molecule has 2 aromatic rings. The third kappa shape index (κ3) is 2.73. The summed E-state index contributed by atoms with van der Waals surface area (Å²) in [5, 5.41) is 0. The second kappa shape index (κ2) is 5.54. The van der Waals surface area contributed by atoms with Gasteiger partial charge in [-0.3, -0.25) is 0 Å². The number of rotatable bonds is 4. The molecule has 96 valence electrons. The van der Waals surface area contributed by atoms with Crippen molar-refractivity contribution in [1.82, 2.24) is 9.55 Å². The zero-order chi connectivity index (χ0) is 13.1. The average Bonchev–Trinajstić information content (AvgIpc) is 2.78. The molecule has 2 rings (SSSR count). The van der Waals surface area contributed by atoms with Crippen molar-refractivity contribution in [3.63, 3.8) is 0 Å². The molecular formula is C13H16BrN3O. The molecule has 4 nitrogen and oxygen atoms in total. The molecule has 0 saturated carbocycles. The normalized spacial score (nSPS) is 12.4. The third-order valence-corrected chi connectivity index (χ3v) is 3.66. The Morgan fingerprint density at radius 1 is 1.50 bits per heavy atom. The number of nitrogens with two attached hydrogens (primary N) is 1. The van der Waals surface area contributed by atoms with Crippen molar-refractivity contribution < 1.29 is 4.74 Å². The smallest absolute Gasteiger partial charge is 0.125 e. The Kier molecular flexibility index (Phi) is 4.04. The molecule has 0 saturated heterocycles. The minimum atomic E-state index is -0.131. The molecule has 0 aliphatic heterocycles. The number of ether oxygens (including phenoxy) is 1. The minimum absolute atomic E-state index is 0.131. The summed E-state index contributed by atoms with van der Waals surface area (Å²) in [6.45, 7) is 0. The first kappa shape index (κ1) is 13.1. The number of halogens is 1. The van der Waals surface area contributed by atoms with Crippen LogP contribution in [0.2, 0.25) is 0 Å². The molecule has 1 unspecified atom stereocenters. The van der Waals surface area contributed by atoms with Crippen LogP contribution in [0.3, 0.4) is 0 Å². The highest BCUT2D eigenvalue weighted by molar-refractivity contribution is 9.10. The molecule has 0 aliphatic carbocycles. The number of aromatic nitrogens is 2. The van der Waals surface area contributed by atoms with Crippen LogP contribution in [0.4, 0.5) is 0 Å². The van der Waals surface area contributed by atoms with Crippen molar-refractivity contribution in [3.8, 4) is 5.75 Å². The van der Waals surface area contributed by atoms with E-state index in [1.54, 1.807) is 13.3 Å². The Labute approximate surface area is 115 Å². The van der Waals surface area contributed by atoms with Gasteiger partial charge >= 0.3 is 0 Å². The topological polar surface area (TPSA) is 53.1 Å². The van der Waals surface area contributed by atoms with Crippen molar-refractivity contribution in [1.29, 1.82) is 0 Å². The summed E-state index contributed by atoms with van der Waals surface area (Å²) in [6.07, 6.45) is 4.37. The quantitative estimate of drug-likeness (QED) is 0.943. The van der Waals surface area contributed by atoms with Gasteiger partial charge in [0.2, 0.25) is 0 Å². The lowest BCUT2D eigenvalue weighted by Crippen LogP contribution is -2.18. The summed E-state index contributed by atoms with van der Waals surface area (Å²) in [7, 11) is 3.61. The summed E-state index contributed by atoms with van der Waals surface area (Å²) in [4.78, 5) is 4.28. The van der Waals surface area contributed by atoms with Crippen molar-refractivity contribution in [2.45, 2.75) is 12.5 Å². The molecule has 2 N–H and O–H groups in total. The Bertz CT molecular complexity index is 539. The maximum Gasteiger partial charge on any atom is 0.125 e. The maximum absolute atomic E-state index is 6.19. The van der Waals surface area contributed by atoms with Gasteiger partial charge in [0.15, 0.2) is 0 Å². The first-order chi connectivity index (χ1) is 8.61. The lowest BCUT2D eigenvalue weighted by atomic mass is 10.1. The maximum atomic E-state index is 6.19. The van der Waals surface area contributed by atoms with Crippen LogP contribution in [0.5, 0.6) is 5.75 Å². The monoisotopic (exact) mass is 309 g/mol. The van der Waals surface area contributed by atoms with E-state index in [-0.39, 0.29) is 6.04 Å². The van der Waals surface area contributed by atoms with E-state index in [2.05, 4.69) is 20.9 Å². The Morgan fingerprint density at radius 3 is 2.89 bits per heavy atom. The summed E-state index contributed by atoms with van der Waals surface area (Å²) in [5.41, 5.74) is 7.30. The van der Waals surface area contributed by atoms with Gasteiger partial charge < -0.3 is 15.0 Å². The molecule has 0 spiro atoms. The van der Waals surface area contributed by atoms with E-state index >= 15 is 0 Å². The van der Waals surface area contributed by atoms with Crippen LogP contribution < -0.4 is 10.5 Å². The fourth-order valence-corrected chi connectivity index (χ4v) is 2.31. The number of hydrogen-bond donors (Lipinski definition) is 1. The summed E-state index contributed by atoms with van der Waals surface area (Å²) in [6, 6.07) is 5.75. The molecule has 1 heterocycles. The molecular weight excluding hydrogens is 294 g/mol. The lowest BCUT2D eigenvalue weighted by molar-refractivity contribution is 0.414. The molecule has 0 bridgehead atoms. The van der Waals surface area contributed by atoms with Crippen molar-refractivity contribution in [2.24, 2.45) is 12.8 Å². The van der Waals surface area contributed by atoms with E-state index in [1.165, 1.54) is 0 Å². The predicted octanol–water partition coefficient (Wildman–Crippen LogP) is 2.43. The highest BCUT2D eigenvalue weighted by atomic mass is 79.9. The lowest BCUT2D eigenvalue weighted by Gasteiger charge is -2.13. The van der Waals surface area contributed by atoms with E-state index in [0.29, 0.717) is 6.42 Å². The molecule has 0 radical (unpaired) electrons. The van der Waals surface area contributed by atoms with Gasteiger partial charge in [0.05, 0.1) is 13.2 Å². The van der Waals surface area contributed by atoms with Gasteiger partial charge in [-0.1, -0.05) is 15.9 Å². The number of nitrogens with zero attached hydrogens (tertiary/aromatic N) is 2. The predicted molar refractivity (Wildman–Crippen MR) is 74.5 cm³/mol. The number of benzene rings is 1. The van der Waals surface area contributed by atoms with Gasteiger partial charge in [0.1, 0.15) is 11.6 Å². The summed E-state index contributed by atoms with van der Waals surface area (Å²) >= 11 is 3.53. The molecule has 0 aliphatic rings. The van der Waals surface area contributed by atoms with Gasteiger partial charge in [0, 0.05) is 23.9 Å². The van der Waals surface area contributed by atoms with Crippen LogP contribution in [0, 0.1) is 0 Å². The van der Waals surface area contributed by atoms with Crippen LogP contribution in [0.1, 0.15) is 17.4 Å². The Balaban J connectivity index is 2.21. The van der Waals surface area contributed by atoms with Crippen LogP contribution in [-0.4, -0.2) is 16.7 Å². The average molecular weight is 310 g/mol. The van der Waals surface area contributed by atoms with E-state index in [9.17, 15) is 0 Å². The zero-order valence-corrected chi connectivity index (χ0v) is 12.0. The second-order valence-corrected chi connectivity index (χ2v) is 5.02. The minimum Gasteiger partial charge on any atom is -0.497 e. The largest absolute Gasteiger partial charge is 0.497 e. The van der Waals surface area contributed by atoms with E-state index < -0.39 is 0 Å². The number of imidazole rings is 1. The van der Waals surface area contributed by atoms with Crippen molar-refractivity contribution in [3.05, 3.63) is 46.5 Å². The molecule has 1 atom stereocenters. The first-order valence-corrected chi connectivity index (χ1v) is 6.46. The van der Waals surface area contributed by atoms with Gasteiger partial charge in [-0.05, 0) is 30.2 Å². The molecule has 18 heavy (non-hydrogen) atoms. The third-order valence-electron chi connectivity index (χ3n) is 2.88. The zero-order valence-electron chi connectivity index (χ0n) is 10.4. The number of methoxy groups -OCH3 is 1. The first-order valence-electron chi connectivity index (χ1n) is 5.67. The van der Waals surface area contributed by atoms with Crippen molar-refractivity contribution >= 4 is 15.9 Å². The second-order valence-electron chi connectivity index (χ2n) is 4.16. The number of hydrogen-bond acceptors (Lipinski definition) is 3. The number of aryl methyl sites for hydroxylation is 1. The van der Waals surface area contributed by atoms with Gasteiger partial charge in [0.25, 0.3) is 0 Å². The fourth-order valence-electron chi connectivity index (χ4n) is 1.90. The van der Waals surface area contributed by atoms with Crippen LogP contribution in [-0.2, 0) is 13.5 Å². The molecule has 1 aromatic carbocycles. The fraction of sp³-hybridized carbons (Fsp3) is 0.308. The molecule has 1 aromatic heterocycles. The Hall–Kier alpha value is -1.33. The summed E-state index contributed by atoms with van der Waals surface area (Å²) in [5.74, 6) is 1.71. The highest BCUT2D eigenvalue weighted by Crippen LogP contribution is 2.26. The summed E-state index contributed by atoms with van der Waals surface area (Å²) < 4.78 is 8.20. The van der Waals surface area contributed by atoms with E-state index in [4.69, 9.17) is 10.5 Å². The van der Waals surface area contributed by atoms with Gasteiger partial charge in [-0.25, -0.2) is 4.98 Å².